The molecule has 0 spiro atoms. The highest BCUT2D eigenvalue weighted by atomic mass is 15.0. The molecular formula is C24H31N3. The van der Waals surface area contributed by atoms with Crippen LogP contribution in [0.15, 0.2) is 82.5 Å². The molecule has 0 aromatic heterocycles. The fourth-order valence-electron chi connectivity index (χ4n) is 2.55. The van der Waals surface area contributed by atoms with Gasteiger partial charge < -0.3 is 4.90 Å². The van der Waals surface area contributed by atoms with Crippen molar-refractivity contribution >= 4 is 23.7 Å². The Bertz CT molecular complexity index is 827. The summed E-state index contributed by atoms with van der Waals surface area (Å²) in [4.78, 5) is 10.7. The zero-order chi connectivity index (χ0) is 20.4. The Kier molecular flexibility index (Phi) is 8.94. The molecule has 1 aromatic rings. The number of rotatable bonds is 8. The van der Waals surface area contributed by atoms with Crippen LogP contribution in [-0.4, -0.2) is 38.5 Å². The molecule has 0 aliphatic heterocycles. The van der Waals surface area contributed by atoms with Crippen LogP contribution in [0.5, 0.6) is 0 Å². The van der Waals surface area contributed by atoms with Crippen molar-refractivity contribution in [3.05, 3.63) is 83.6 Å². The van der Waals surface area contributed by atoms with E-state index in [2.05, 4.69) is 49.1 Å². The molecule has 0 saturated carbocycles. The molecule has 1 aromatic carbocycles. The number of hydrogen-bond donors (Lipinski definition) is 0. The van der Waals surface area contributed by atoms with Gasteiger partial charge >= 0.3 is 0 Å². The van der Waals surface area contributed by atoms with E-state index in [4.69, 9.17) is 0 Å². The molecule has 27 heavy (non-hydrogen) atoms. The van der Waals surface area contributed by atoms with Crippen molar-refractivity contribution in [3.63, 3.8) is 0 Å². The van der Waals surface area contributed by atoms with Gasteiger partial charge in [0.25, 0.3) is 0 Å². The molecule has 142 valence electrons. The van der Waals surface area contributed by atoms with E-state index >= 15 is 0 Å². The Morgan fingerprint density at radius 1 is 1.11 bits per heavy atom. The molecule has 3 heteroatoms. The number of hydrogen-bond acceptors (Lipinski definition) is 3. The Morgan fingerprint density at radius 2 is 1.78 bits per heavy atom. The summed E-state index contributed by atoms with van der Waals surface area (Å²) in [5.74, 6) is 0. The number of allylic oxidation sites excluding steroid dienone is 6. The van der Waals surface area contributed by atoms with Gasteiger partial charge in [-0.3, -0.25) is 9.98 Å². The van der Waals surface area contributed by atoms with Crippen molar-refractivity contribution in [2.75, 3.05) is 21.1 Å². The molecule has 1 rings (SSSR count). The second-order valence-corrected chi connectivity index (χ2v) is 6.58. The lowest BCUT2D eigenvalue weighted by molar-refractivity contribution is 0.561. The molecule has 0 aliphatic carbocycles. The summed E-state index contributed by atoms with van der Waals surface area (Å²) in [6, 6.07) is 8.19. The third kappa shape index (κ3) is 6.70. The second-order valence-electron chi connectivity index (χ2n) is 6.58. The predicted molar refractivity (Wildman–Crippen MR) is 122 cm³/mol. The lowest BCUT2D eigenvalue weighted by Crippen LogP contribution is -2.04. The first-order chi connectivity index (χ1) is 12.8. The van der Waals surface area contributed by atoms with E-state index in [1.54, 1.807) is 7.05 Å². The summed E-state index contributed by atoms with van der Waals surface area (Å²) >= 11 is 0. The van der Waals surface area contributed by atoms with Crippen molar-refractivity contribution in [1.82, 2.24) is 4.90 Å². The van der Waals surface area contributed by atoms with E-state index in [-0.39, 0.29) is 0 Å². The summed E-state index contributed by atoms with van der Waals surface area (Å²) in [7, 11) is 5.76. The fourth-order valence-corrected chi connectivity index (χ4v) is 2.55. The van der Waals surface area contributed by atoms with E-state index in [9.17, 15) is 0 Å². The average Bonchev–Trinajstić information content (AvgIpc) is 2.64. The highest BCUT2D eigenvalue weighted by Gasteiger charge is 2.05. The van der Waals surface area contributed by atoms with E-state index in [0.29, 0.717) is 5.70 Å². The summed E-state index contributed by atoms with van der Waals surface area (Å²) < 4.78 is 0. The molecule has 0 aliphatic rings. The topological polar surface area (TPSA) is 28.0 Å². The van der Waals surface area contributed by atoms with E-state index in [1.165, 1.54) is 5.57 Å². The lowest BCUT2D eigenvalue weighted by atomic mass is 10.0. The largest absolute Gasteiger partial charge is 0.383 e. The molecule has 0 radical (unpaired) electrons. The molecule has 0 N–H and O–H groups in total. The number of benzene rings is 1. The van der Waals surface area contributed by atoms with Crippen LogP contribution >= 0.6 is 0 Å². The number of nitrogens with zero attached hydrogens (tertiary/aromatic N) is 3. The summed E-state index contributed by atoms with van der Waals surface area (Å²) in [6.07, 6.45) is 9.65. The SMILES string of the molecule is C=C/C(=C\N(C)C)C(C=NC(=C)c1cccc(/C(C=NC)=C/C)c1)=C(C)C. The van der Waals surface area contributed by atoms with Crippen LogP contribution < -0.4 is 0 Å². The third-order valence-corrected chi connectivity index (χ3v) is 3.92. The zero-order valence-electron chi connectivity index (χ0n) is 17.5. The van der Waals surface area contributed by atoms with Crippen LogP contribution in [0.1, 0.15) is 31.9 Å². The van der Waals surface area contributed by atoms with Crippen LogP contribution in [0.4, 0.5) is 0 Å². The maximum atomic E-state index is 4.63. The minimum absolute atomic E-state index is 0.716. The zero-order valence-corrected chi connectivity index (χ0v) is 17.5. The van der Waals surface area contributed by atoms with Crippen LogP contribution in [0.25, 0.3) is 11.3 Å². The number of aliphatic imine (C=N–C) groups is 2. The van der Waals surface area contributed by atoms with Gasteiger partial charge in [0.15, 0.2) is 0 Å². The van der Waals surface area contributed by atoms with Crippen LogP contribution in [0.3, 0.4) is 0 Å². The van der Waals surface area contributed by atoms with Crippen molar-refractivity contribution < 1.29 is 0 Å². The van der Waals surface area contributed by atoms with E-state index in [0.717, 1.165) is 27.8 Å². The highest BCUT2D eigenvalue weighted by Crippen LogP contribution is 2.21. The summed E-state index contributed by atoms with van der Waals surface area (Å²) in [6.45, 7) is 14.2. The molecule has 0 atom stereocenters. The van der Waals surface area contributed by atoms with Gasteiger partial charge in [0.2, 0.25) is 0 Å². The fraction of sp³-hybridized carbons (Fsp3) is 0.250. The van der Waals surface area contributed by atoms with Gasteiger partial charge in [-0.1, -0.05) is 49.1 Å². The van der Waals surface area contributed by atoms with Crippen molar-refractivity contribution in [2.45, 2.75) is 20.8 Å². The van der Waals surface area contributed by atoms with Gasteiger partial charge in [0.05, 0.1) is 5.70 Å². The van der Waals surface area contributed by atoms with Gasteiger partial charge in [-0.05, 0) is 43.5 Å². The first-order valence-electron chi connectivity index (χ1n) is 8.94. The van der Waals surface area contributed by atoms with E-state index in [1.807, 2.05) is 68.8 Å². The molecule has 0 bridgehead atoms. The maximum absolute atomic E-state index is 4.63. The molecular weight excluding hydrogens is 330 g/mol. The Labute approximate surface area is 164 Å². The molecule has 3 nitrogen and oxygen atoms in total. The van der Waals surface area contributed by atoms with Gasteiger partial charge in [0.1, 0.15) is 0 Å². The third-order valence-electron chi connectivity index (χ3n) is 3.92. The predicted octanol–water partition coefficient (Wildman–Crippen LogP) is 5.80. The van der Waals surface area contributed by atoms with Crippen LogP contribution in [-0.2, 0) is 0 Å². The summed E-state index contributed by atoms with van der Waals surface area (Å²) in [5, 5.41) is 0. The minimum atomic E-state index is 0.716. The highest BCUT2D eigenvalue weighted by molar-refractivity contribution is 6.09. The van der Waals surface area contributed by atoms with Gasteiger partial charge in [0, 0.05) is 50.9 Å². The Balaban J connectivity index is 3.20. The second kappa shape index (κ2) is 10.9. The van der Waals surface area contributed by atoms with Gasteiger partial charge in [-0.25, -0.2) is 0 Å². The Morgan fingerprint density at radius 3 is 2.30 bits per heavy atom. The van der Waals surface area contributed by atoms with Crippen LogP contribution in [0, 0.1) is 0 Å². The first-order valence-corrected chi connectivity index (χ1v) is 8.94. The molecule has 0 heterocycles. The Hall–Kier alpha value is -2.94. The summed E-state index contributed by atoms with van der Waals surface area (Å²) in [5.41, 5.74) is 7.11. The average molecular weight is 362 g/mol. The standard InChI is InChI=1S/C24H31N3/c1-9-20(15-25-6)23-13-11-12-22(14-23)19(5)26-16-24(18(3)4)21(10-2)17-27(7)8/h9-17H,2,5H2,1,3-4,6-8H3/b20-9+,21-17+,25-15?,26-16?. The van der Waals surface area contributed by atoms with Crippen molar-refractivity contribution in [1.29, 1.82) is 0 Å². The van der Waals surface area contributed by atoms with Crippen molar-refractivity contribution in [3.8, 4) is 0 Å². The van der Waals surface area contributed by atoms with Crippen LogP contribution in [0.2, 0.25) is 0 Å². The smallest absolute Gasteiger partial charge is 0.0630 e. The molecule has 0 unspecified atom stereocenters. The molecule has 0 amide bonds. The normalized spacial score (nSPS) is 12.5. The van der Waals surface area contributed by atoms with Crippen molar-refractivity contribution in [2.24, 2.45) is 9.98 Å². The molecule has 0 saturated heterocycles. The monoisotopic (exact) mass is 361 g/mol. The first kappa shape index (κ1) is 22.1. The maximum Gasteiger partial charge on any atom is 0.0630 e. The lowest BCUT2D eigenvalue weighted by Gasteiger charge is -2.11. The quantitative estimate of drug-likeness (QED) is 0.425. The molecule has 0 fully saturated rings. The van der Waals surface area contributed by atoms with Gasteiger partial charge in [-0.2, -0.15) is 0 Å². The van der Waals surface area contributed by atoms with E-state index < -0.39 is 0 Å². The van der Waals surface area contributed by atoms with Gasteiger partial charge in [-0.15, -0.1) is 0 Å². The minimum Gasteiger partial charge on any atom is -0.383 e.